The second kappa shape index (κ2) is 4.27. The summed E-state index contributed by atoms with van der Waals surface area (Å²) in [6.07, 6.45) is 1.73. The van der Waals surface area contributed by atoms with Gasteiger partial charge in [-0.25, -0.2) is 0 Å². The summed E-state index contributed by atoms with van der Waals surface area (Å²) >= 11 is 1.63. The summed E-state index contributed by atoms with van der Waals surface area (Å²) in [4.78, 5) is 4.31. The number of nitrogens with zero attached hydrogens (tertiary/aromatic N) is 2. The smallest absolute Gasteiger partial charge is 0.232 e. The molecule has 5 heteroatoms. The Morgan fingerprint density at radius 2 is 2.17 bits per heavy atom. The Morgan fingerprint density at radius 3 is 2.83 bits per heavy atom. The molecule has 3 rings (SSSR count). The van der Waals surface area contributed by atoms with Gasteiger partial charge in [0.05, 0.1) is 11.3 Å². The minimum Gasteiger partial charge on any atom is -0.367 e. The molecule has 3 aromatic rings. The molecule has 0 aliphatic heterocycles. The zero-order valence-corrected chi connectivity index (χ0v) is 10.6. The Hall–Kier alpha value is -2.14. The van der Waals surface area contributed by atoms with Gasteiger partial charge in [-0.2, -0.15) is 11.3 Å². The van der Waals surface area contributed by atoms with Crippen LogP contribution in [0, 0.1) is 6.92 Å². The van der Waals surface area contributed by atoms with Gasteiger partial charge in [-0.05, 0) is 30.0 Å². The summed E-state index contributed by atoms with van der Waals surface area (Å²) in [5.74, 6) is 0.300. The zero-order valence-electron chi connectivity index (χ0n) is 9.75. The summed E-state index contributed by atoms with van der Waals surface area (Å²) in [5.41, 5.74) is 10.4. The molecular weight excluding hydrogens is 246 g/mol. The topological polar surface area (TPSA) is 64.9 Å². The Labute approximate surface area is 108 Å². The highest BCUT2D eigenvalue weighted by Gasteiger charge is 2.19. The van der Waals surface area contributed by atoms with E-state index in [1.165, 1.54) is 0 Å². The number of nitrogen functional groups attached to an aromatic ring is 1. The lowest BCUT2D eigenvalue weighted by atomic mass is 10.0. The quantitative estimate of drug-likeness (QED) is 0.764. The van der Waals surface area contributed by atoms with Crippen LogP contribution in [0.2, 0.25) is 0 Å². The third kappa shape index (κ3) is 1.69. The molecule has 0 saturated carbocycles. The van der Waals surface area contributed by atoms with Crippen molar-refractivity contribution in [2.75, 3.05) is 5.73 Å². The van der Waals surface area contributed by atoms with Gasteiger partial charge in [0.25, 0.3) is 0 Å². The predicted octanol–water partition coefficient (Wildman–Crippen LogP) is 3.36. The molecule has 3 heterocycles. The third-order valence-electron chi connectivity index (χ3n) is 2.75. The van der Waals surface area contributed by atoms with Gasteiger partial charge >= 0.3 is 0 Å². The molecule has 0 aliphatic rings. The summed E-state index contributed by atoms with van der Waals surface area (Å²) in [7, 11) is 0. The van der Waals surface area contributed by atoms with Crippen molar-refractivity contribution >= 4 is 17.2 Å². The van der Waals surface area contributed by atoms with Crippen LogP contribution in [0.5, 0.6) is 0 Å². The lowest BCUT2D eigenvalue weighted by Crippen LogP contribution is -1.89. The number of rotatable bonds is 2. The standard InChI is InChI=1S/C13H11N3OS/c1-8-6-18-7-9(8)12-11(13(14)17-16-12)10-4-2-3-5-15-10/h2-7H,14H2,1H3. The fraction of sp³-hybridized carbons (Fsp3) is 0.0769. The number of aromatic nitrogens is 2. The molecule has 0 unspecified atom stereocenters. The van der Waals surface area contributed by atoms with E-state index in [4.69, 9.17) is 10.3 Å². The highest BCUT2D eigenvalue weighted by Crippen LogP contribution is 2.37. The first-order valence-corrected chi connectivity index (χ1v) is 6.41. The Balaban J connectivity index is 2.22. The molecule has 4 nitrogen and oxygen atoms in total. The Morgan fingerprint density at radius 1 is 1.28 bits per heavy atom. The number of hydrogen-bond donors (Lipinski definition) is 1. The highest BCUT2D eigenvalue weighted by atomic mass is 32.1. The van der Waals surface area contributed by atoms with E-state index in [0.717, 1.165) is 28.1 Å². The molecule has 0 saturated heterocycles. The highest BCUT2D eigenvalue weighted by molar-refractivity contribution is 7.08. The van der Waals surface area contributed by atoms with Gasteiger partial charge in [-0.3, -0.25) is 4.98 Å². The first kappa shape index (κ1) is 11.0. The Bertz CT molecular complexity index is 673. The SMILES string of the molecule is Cc1cscc1-c1noc(N)c1-c1ccccn1. The molecule has 0 bridgehead atoms. The van der Waals surface area contributed by atoms with E-state index in [1.807, 2.05) is 30.5 Å². The van der Waals surface area contributed by atoms with Gasteiger partial charge in [-0.15, -0.1) is 0 Å². The van der Waals surface area contributed by atoms with Gasteiger partial charge < -0.3 is 10.3 Å². The molecule has 2 N–H and O–H groups in total. The zero-order chi connectivity index (χ0) is 12.5. The van der Waals surface area contributed by atoms with Crippen molar-refractivity contribution in [3.63, 3.8) is 0 Å². The van der Waals surface area contributed by atoms with Crippen LogP contribution in [0.4, 0.5) is 5.88 Å². The van der Waals surface area contributed by atoms with Crippen LogP contribution in [0.1, 0.15) is 5.56 Å². The first-order valence-electron chi connectivity index (χ1n) is 5.47. The maximum atomic E-state index is 5.86. The minimum absolute atomic E-state index is 0.300. The van der Waals surface area contributed by atoms with E-state index in [9.17, 15) is 0 Å². The van der Waals surface area contributed by atoms with Crippen LogP contribution in [-0.2, 0) is 0 Å². The summed E-state index contributed by atoms with van der Waals surface area (Å²) in [5, 5.41) is 8.17. The second-order valence-electron chi connectivity index (χ2n) is 3.95. The largest absolute Gasteiger partial charge is 0.367 e. The molecule has 0 spiro atoms. The fourth-order valence-corrected chi connectivity index (χ4v) is 2.68. The molecule has 3 aromatic heterocycles. The van der Waals surface area contributed by atoms with Crippen molar-refractivity contribution in [1.29, 1.82) is 0 Å². The van der Waals surface area contributed by atoms with Crippen LogP contribution in [0.3, 0.4) is 0 Å². The van der Waals surface area contributed by atoms with Gasteiger partial charge in [-0.1, -0.05) is 11.2 Å². The molecular formula is C13H11N3OS. The van der Waals surface area contributed by atoms with E-state index >= 15 is 0 Å². The van der Waals surface area contributed by atoms with Gasteiger partial charge in [0.1, 0.15) is 5.69 Å². The van der Waals surface area contributed by atoms with Gasteiger partial charge in [0, 0.05) is 17.1 Å². The maximum absolute atomic E-state index is 5.86. The average Bonchev–Trinajstić information content (AvgIpc) is 2.96. The molecule has 0 aliphatic carbocycles. The van der Waals surface area contributed by atoms with Gasteiger partial charge in [0.2, 0.25) is 5.88 Å². The number of hydrogen-bond acceptors (Lipinski definition) is 5. The molecule has 0 amide bonds. The third-order valence-corrected chi connectivity index (χ3v) is 3.61. The normalized spacial score (nSPS) is 10.7. The second-order valence-corrected chi connectivity index (χ2v) is 4.70. The Kier molecular flexibility index (Phi) is 2.60. The van der Waals surface area contributed by atoms with E-state index in [2.05, 4.69) is 15.5 Å². The molecule has 0 aromatic carbocycles. The van der Waals surface area contributed by atoms with Crippen molar-refractivity contribution in [1.82, 2.24) is 10.1 Å². The summed E-state index contributed by atoms with van der Waals surface area (Å²) in [6.45, 7) is 2.04. The van der Waals surface area contributed by atoms with E-state index in [0.29, 0.717) is 5.88 Å². The lowest BCUT2D eigenvalue weighted by Gasteiger charge is -2.00. The number of thiophene rings is 1. The van der Waals surface area contributed by atoms with Crippen molar-refractivity contribution in [3.8, 4) is 22.5 Å². The molecule has 90 valence electrons. The van der Waals surface area contributed by atoms with Gasteiger partial charge in [0.15, 0.2) is 0 Å². The van der Waals surface area contributed by atoms with E-state index in [1.54, 1.807) is 17.5 Å². The van der Waals surface area contributed by atoms with Crippen molar-refractivity contribution < 1.29 is 4.52 Å². The fourth-order valence-electron chi connectivity index (χ4n) is 1.85. The maximum Gasteiger partial charge on any atom is 0.232 e. The van der Waals surface area contributed by atoms with Crippen molar-refractivity contribution in [3.05, 3.63) is 40.7 Å². The number of aryl methyl sites for hydroxylation is 1. The van der Waals surface area contributed by atoms with Crippen LogP contribution in [-0.4, -0.2) is 10.1 Å². The molecule has 0 radical (unpaired) electrons. The summed E-state index contributed by atoms with van der Waals surface area (Å²) < 4.78 is 5.12. The van der Waals surface area contributed by atoms with Crippen LogP contribution in [0.15, 0.2) is 39.7 Å². The number of nitrogens with two attached hydrogens (primary N) is 1. The molecule has 0 atom stereocenters. The molecule has 18 heavy (non-hydrogen) atoms. The predicted molar refractivity (Wildman–Crippen MR) is 72.2 cm³/mol. The lowest BCUT2D eigenvalue weighted by molar-refractivity contribution is 0.439. The van der Waals surface area contributed by atoms with E-state index in [-0.39, 0.29) is 0 Å². The minimum atomic E-state index is 0.300. The molecule has 0 fully saturated rings. The summed E-state index contributed by atoms with van der Waals surface area (Å²) in [6, 6.07) is 5.68. The van der Waals surface area contributed by atoms with Crippen molar-refractivity contribution in [2.45, 2.75) is 6.92 Å². The average molecular weight is 257 g/mol. The van der Waals surface area contributed by atoms with Crippen molar-refractivity contribution in [2.24, 2.45) is 0 Å². The van der Waals surface area contributed by atoms with Crippen LogP contribution < -0.4 is 5.73 Å². The first-order chi connectivity index (χ1) is 8.77. The van der Waals surface area contributed by atoms with Crippen LogP contribution >= 0.6 is 11.3 Å². The van der Waals surface area contributed by atoms with E-state index < -0.39 is 0 Å². The monoisotopic (exact) mass is 257 g/mol. The van der Waals surface area contributed by atoms with Crippen LogP contribution in [0.25, 0.3) is 22.5 Å². The number of pyridine rings is 1. The number of anilines is 1.